The predicted octanol–water partition coefficient (Wildman–Crippen LogP) is 2.56. The smallest absolute Gasteiger partial charge is 0.338 e. The number of nitrogens with zero attached hydrogens (tertiary/aromatic N) is 3. The van der Waals surface area contributed by atoms with Gasteiger partial charge in [-0.05, 0) is 36.8 Å². The van der Waals surface area contributed by atoms with Gasteiger partial charge in [0, 0.05) is 6.42 Å². The molecule has 110 valence electrons. The summed E-state index contributed by atoms with van der Waals surface area (Å²) in [4.78, 5) is 11.5. The molecule has 0 bridgehead atoms. The number of carbonyl (C=O) groups is 1. The largest absolute Gasteiger partial charge is 0.462 e. The van der Waals surface area contributed by atoms with E-state index >= 15 is 0 Å². The molecule has 1 aromatic heterocycles. The van der Waals surface area contributed by atoms with Crippen LogP contribution in [-0.2, 0) is 11.2 Å². The SMILES string of the molecule is CCOC(=O)c1ccc(/C=N\n2c(CC)n[nH]c2=S)cc1. The molecule has 0 spiro atoms. The topological polar surface area (TPSA) is 72.3 Å². The van der Waals surface area contributed by atoms with E-state index < -0.39 is 0 Å². The number of aromatic amines is 1. The molecule has 1 aromatic carbocycles. The van der Waals surface area contributed by atoms with Crippen molar-refractivity contribution in [1.82, 2.24) is 14.9 Å². The normalized spacial score (nSPS) is 11.0. The maximum absolute atomic E-state index is 11.5. The molecular weight excluding hydrogens is 288 g/mol. The van der Waals surface area contributed by atoms with Crippen molar-refractivity contribution < 1.29 is 9.53 Å². The quantitative estimate of drug-likeness (QED) is 0.523. The van der Waals surface area contributed by atoms with E-state index in [0.29, 0.717) is 16.9 Å². The molecule has 6 nitrogen and oxygen atoms in total. The van der Waals surface area contributed by atoms with Gasteiger partial charge < -0.3 is 4.74 Å². The Morgan fingerprint density at radius 3 is 2.76 bits per heavy atom. The van der Waals surface area contributed by atoms with Crippen molar-refractivity contribution in [3.8, 4) is 0 Å². The first-order valence-corrected chi connectivity index (χ1v) is 7.04. The second kappa shape index (κ2) is 6.94. The minimum Gasteiger partial charge on any atom is -0.462 e. The highest BCUT2D eigenvalue weighted by Crippen LogP contribution is 2.05. The highest BCUT2D eigenvalue weighted by atomic mass is 32.1. The average Bonchev–Trinajstić information content (AvgIpc) is 2.86. The Bertz CT molecular complexity index is 701. The first kappa shape index (κ1) is 15.1. The van der Waals surface area contributed by atoms with Crippen LogP contribution in [0.1, 0.15) is 35.6 Å². The Morgan fingerprint density at radius 2 is 2.14 bits per heavy atom. The van der Waals surface area contributed by atoms with Crippen LogP contribution in [0.15, 0.2) is 29.4 Å². The molecule has 1 heterocycles. The summed E-state index contributed by atoms with van der Waals surface area (Å²) in [7, 11) is 0. The van der Waals surface area contributed by atoms with Crippen molar-refractivity contribution in [3.63, 3.8) is 0 Å². The molecule has 0 radical (unpaired) electrons. The molecule has 0 fully saturated rings. The zero-order valence-electron chi connectivity index (χ0n) is 11.9. The summed E-state index contributed by atoms with van der Waals surface area (Å²) in [5.74, 6) is 0.436. The van der Waals surface area contributed by atoms with Gasteiger partial charge in [-0.15, -0.1) is 0 Å². The molecule has 0 saturated heterocycles. The Kier molecular flexibility index (Phi) is 4.99. The van der Waals surface area contributed by atoms with Crippen LogP contribution in [0.5, 0.6) is 0 Å². The minimum atomic E-state index is -0.327. The van der Waals surface area contributed by atoms with E-state index in [2.05, 4.69) is 15.3 Å². The number of aromatic nitrogens is 3. The predicted molar refractivity (Wildman–Crippen MR) is 82.2 cm³/mol. The van der Waals surface area contributed by atoms with E-state index in [-0.39, 0.29) is 5.97 Å². The number of hydrogen-bond donors (Lipinski definition) is 1. The number of esters is 1. The van der Waals surface area contributed by atoms with E-state index in [4.69, 9.17) is 17.0 Å². The standard InChI is InChI=1S/C14H16N4O2S/c1-3-12-16-17-14(21)18(12)15-9-10-5-7-11(8-6-10)13(19)20-4-2/h5-9H,3-4H2,1-2H3,(H,17,21)/b15-9-. The van der Waals surface area contributed by atoms with Gasteiger partial charge in [-0.3, -0.25) is 5.10 Å². The third kappa shape index (κ3) is 3.63. The second-order valence-corrected chi connectivity index (χ2v) is 4.58. The minimum absolute atomic E-state index is 0.327. The Hall–Kier alpha value is -2.28. The van der Waals surface area contributed by atoms with Crippen LogP contribution in [0.4, 0.5) is 0 Å². The molecule has 0 amide bonds. The van der Waals surface area contributed by atoms with E-state index in [9.17, 15) is 4.79 Å². The number of rotatable bonds is 5. The van der Waals surface area contributed by atoms with E-state index in [1.165, 1.54) is 0 Å². The first-order chi connectivity index (χ1) is 10.2. The van der Waals surface area contributed by atoms with Crippen molar-refractivity contribution in [2.45, 2.75) is 20.3 Å². The van der Waals surface area contributed by atoms with E-state index in [0.717, 1.165) is 17.8 Å². The van der Waals surface area contributed by atoms with Crippen molar-refractivity contribution >= 4 is 24.4 Å². The molecular formula is C14H16N4O2S. The van der Waals surface area contributed by atoms with Crippen molar-refractivity contribution in [1.29, 1.82) is 0 Å². The Balaban J connectivity index is 2.16. The fourth-order valence-electron chi connectivity index (χ4n) is 1.72. The number of carbonyl (C=O) groups excluding carboxylic acids is 1. The summed E-state index contributed by atoms with van der Waals surface area (Å²) in [5.41, 5.74) is 1.37. The van der Waals surface area contributed by atoms with Crippen LogP contribution in [0.2, 0.25) is 0 Å². The fourth-order valence-corrected chi connectivity index (χ4v) is 1.91. The lowest BCUT2D eigenvalue weighted by molar-refractivity contribution is 0.0526. The van der Waals surface area contributed by atoms with Crippen LogP contribution < -0.4 is 0 Å². The summed E-state index contributed by atoms with van der Waals surface area (Å²) in [6.07, 6.45) is 2.39. The summed E-state index contributed by atoms with van der Waals surface area (Å²) in [5, 5.41) is 11.1. The summed E-state index contributed by atoms with van der Waals surface area (Å²) in [6, 6.07) is 7.00. The highest BCUT2D eigenvalue weighted by molar-refractivity contribution is 7.71. The van der Waals surface area contributed by atoms with Crippen molar-refractivity contribution in [2.75, 3.05) is 6.61 Å². The molecule has 0 saturated carbocycles. The maximum atomic E-state index is 11.5. The van der Waals surface area contributed by atoms with Gasteiger partial charge in [0.15, 0.2) is 5.82 Å². The monoisotopic (exact) mass is 304 g/mol. The van der Waals surface area contributed by atoms with Gasteiger partial charge in [-0.2, -0.15) is 14.9 Å². The molecule has 0 aliphatic carbocycles. The zero-order valence-corrected chi connectivity index (χ0v) is 12.7. The summed E-state index contributed by atoms with van der Waals surface area (Å²) >= 11 is 5.11. The van der Waals surface area contributed by atoms with Gasteiger partial charge in [0.05, 0.1) is 18.4 Å². The number of benzene rings is 1. The molecule has 2 rings (SSSR count). The molecule has 0 aliphatic rings. The van der Waals surface area contributed by atoms with E-state index in [1.54, 1.807) is 42.1 Å². The molecule has 1 N–H and O–H groups in total. The molecule has 21 heavy (non-hydrogen) atoms. The molecule has 7 heteroatoms. The molecule has 0 aliphatic heterocycles. The van der Waals surface area contributed by atoms with Crippen LogP contribution >= 0.6 is 12.2 Å². The van der Waals surface area contributed by atoms with Crippen LogP contribution in [0, 0.1) is 4.77 Å². The first-order valence-electron chi connectivity index (χ1n) is 6.63. The Labute approximate surface area is 127 Å². The van der Waals surface area contributed by atoms with E-state index in [1.807, 2.05) is 6.92 Å². The zero-order chi connectivity index (χ0) is 15.2. The lowest BCUT2D eigenvalue weighted by Crippen LogP contribution is -2.04. The third-order valence-corrected chi connectivity index (χ3v) is 3.04. The molecule has 0 unspecified atom stereocenters. The fraction of sp³-hybridized carbons (Fsp3) is 0.286. The van der Waals surface area contributed by atoms with Gasteiger partial charge in [-0.1, -0.05) is 19.1 Å². The number of nitrogens with one attached hydrogen (secondary N) is 1. The van der Waals surface area contributed by atoms with Gasteiger partial charge in [0.2, 0.25) is 4.77 Å². The Morgan fingerprint density at radius 1 is 1.43 bits per heavy atom. The number of hydrogen-bond acceptors (Lipinski definition) is 5. The second-order valence-electron chi connectivity index (χ2n) is 4.20. The summed E-state index contributed by atoms with van der Waals surface area (Å²) in [6.45, 7) is 4.12. The van der Waals surface area contributed by atoms with Crippen LogP contribution in [-0.4, -0.2) is 33.7 Å². The highest BCUT2D eigenvalue weighted by Gasteiger charge is 2.05. The average molecular weight is 304 g/mol. The van der Waals surface area contributed by atoms with Crippen molar-refractivity contribution in [3.05, 3.63) is 46.0 Å². The van der Waals surface area contributed by atoms with Crippen molar-refractivity contribution in [2.24, 2.45) is 5.10 Å². The van der Waals surface area contributed by atoms with Gasteiger partial charge in [0.25, 0.3) is 0 Å². The third-order valence-electron chi connectivity index (χ3n) is 2.78. The lowest BCUT2D eigenvalue weighted by Gasteiger charge is -2.01. The maximum Gasteiger partial charge on any atom is 0.338 e. The number of aryl methyl sites for hydroxylation is 1. The van der Waals surface area contributed by atoms with Gasteiger partial charge >= 0.3 is 5.97 Å². The summed E-state index contributed by atoms with van der Waals surface area (Å²) < 4.78 is 6.96. The van der Waals surface area contributed by atoms with Crippen LogP contribution in [0.25, 0.3) is 0 Å². The molecule has 0 atom stereocenters. The molecule has 2 aromatic rings. The van der Waals surface area contributed by atoms with Gasteiger partial charge in [-0.25, -0.2) is 4.79 Å². The number of ether oxygens (including phenoxy) is 1. The number of H-pyrrole nitrogens is 1. The lowest BCUT2D eigenvalue weighted by atomic mass is 10.1. The van der Waals surface area contributed by atoms with Crippen LogP contribution in [0.3, 0.4) is 0 Å². The van der Waals surface area contributed by atoms with Gasteiger partial charge in [0.1, 0.15) is 0 Å².